The van der Waals surface area contributed by atoms with Crippen LogP contribution >= 0.6 is 11.8 Å². The van der Waals surface area contributed by atoms with Crippen LogP contribution in [0.15, 0.2) is 17.1 Å². The van der Waals surface area contributed by atoms with Gasteiger partial charge in [-0.1, -0.05) is 6.07 Å². The van der Waals surface area contributed by atoms with Crippen LogP contribution in [0.1, 0.15) is 42.9 Å². The van der Waals surface area contributed by atoms with Gasteiger partial charge in [0.2, 0.25) is 11.8 Å². The highest BCUT2D eigenvalue weighted by molar-refractivity contribution is 7.97. The van der Waals surface area contributed by atoms with E-state index >= 15 is 0 Å². The average molecular weight is 517 g/mol. The maximum Gasteiger partial charge on any atom is 0.510 e. The normalized spacial score (nSPS) is 13.2. The van der Waals surface area contributed by atoms with Crippen LogP contribution in [0.25, 0.3) is 0 Å². The predicted molar refractivity (Wildman–Crippen MR) is 114 cm³/mol. The van der Waals surface area contributed by atoms with Crippen molar-refractivity contribution in [2.45, 2.75) is 44.3 Å². The van der Waals surface area contributed by atoms with E-state index in [-0.39, 0.29) is 30.2 Å². The molecule has 0 spiro atoms. The summed E-state index contributed by atoms with van der Waals surface area (Å²) in [6, 6.07) is 2.24. The minimum atomic E-state index is -4.59. The number of carbonyl (C=O) groups is 1. The van der Waals surface area contributed by atoms with Crippen molar-refractivity contribution in [2.75, 3.05) is 6.61 Å². The lowest BCUT2D eigenvalue weighted by molar-refractivity contribution is -0.141. The molecule has 1 unspecified atom stereocenters. The summed E-state index contributed by atoms with van der Waals surface area (Å²) in [7, 11) is 3.20. The summed E-state index contributed by atoms with van der Waals surface area (Å²) in [6.07, 6.45) is -6.36. The molecule has 3 heterocycles. The summed E-state index contributed by atoms with van der Waals surface area (Å²) in [6.45, 7) is 3.31. The van der Waals surface area contributed by atoms with Crippen molar-refractivity contribution >= 4 is 17.9 Å². The number of halogens is 3. The summed E-state index contributed by atoms with van der Waals surface area (Å²) >= 11 is 1.30. The number of tetrazole rings is 2. The number of aromatic nitrogens is 9. The number of carbonyl (C=O) groups excluding carboxylic acids is 1. The minimum absolute atomic E-state index is 0.0161. The van der Waals surface area contributed by atoms with Crippen molar-refractivity contribution < 1.29 is 27.4 Å². The maximum atomic E-state index is 13.3. The zero-order valence-corrected chi connectivity index (χ0v) is 20.1. The number of alkyl halides is 3. The van der Waals surface area contributed by atoms with Gasteiger partial charge in [0, 0.05) is 12.8 Å². The van der Waals surface area contributed by atoms with Crippen molar-refractivity contribution in [1.82, 2.24) is 45.0 Å². The number of hydrogen-bond acceptors (Lipinski definition) is 11. The highest BCUT2D eigenvalue weighted by Gasteiger charge is 2.33. The number of thioether (sulfide) groups is 1. The van der Waals surface area contributed by atoms with Gasteiger partial charge in [0.25, 0.3) is 0 Å². The van der Waals surface area contributed by atoms with E-state index in [2.05, 4.69) is 35.8 Å². The lowest BCUT2D eigenvalue weighted by Crippen LogP contribution is -2.30. The van der Waals surface area contributed by atoms with Gasteiger partial charge in [-0.05, 0) is 41.1 Å². The molecular formula is C18H23F3N10O3S. The summed E-state index contributed by atoms with van der Waals surface area (Å²) in [5.41, 5.74) is -0.0773. The number of ether oxygens (including phenoxy) is 2. The zero-order valence-electron chi connectivity index (χ0n) is 19.3. The van der Waals surface area contributed by atoms with Crippen molar-refractivity contribution in [2.24, 2.45) is 19.1 Å². The minimum Gasteiger partial charge on any atom is -0.435 e. The summed E-state index contributed by atoms with van der Waals surface area (Å²) < 4.78 is 52.2. The Hall–Kier alpha value is -3.50. The maximum absolute atomic E-state index is 13.3. The third-order valence-corrected chi connectivity index (χ3v) is 5.35. The molecule has 0 saturated carbocycles. The van der Waals surface area contributed by atoms with Crippen LogP contribution in [0.3, 0.4) is 0 Å². The molecule has 0 N–H and O–H groups in total. The fourth-order valence-corrected chi connectivity index (χ4v) is 3.66. The number of nitrogens with zero attached hydrogens (tertiary/aromatic N) is 10. The first kappa shape index (κ1) is 26.1. The van der Waals surface area contributed by atoms with E-state index in [0.29, 0.717) is 17.1 Å². The monoisotopic (exact) mass is 516 g/mol. The van der Waals surface area contributed by atoms with Crippen LogP contribution in [-0.2, 0) is 47.8 Å². The predicted octanol–water partition coefficient (Wildman–Crippen LogP) is 1.78. The van der Waals surface area contributed by atoms with Gasteiger partial charge >= 0.3 is 12.3 Å². The van der Waals surface area contributed by atoms with E-state index in [1.165, 1.54) is 32.0 Å². The SMILES string of the molecule is CCOC(=O)OC(C)n1nnn(C)c1=NCc1ccc(C(F)(F)F)nc1CSCc1nnn(C)n1. The molecule has 190 valence electrons. The van der Waals surface area contributed by atoms with E-state index in [1.54, 1.807) is 27.9 Å². The van der Waals surface area contributed by atoms with Crippen LogP contribution < -0.4 is 5.62 Å². The highest BCUT2D eigenvalue weighted by atomic mass is 32.2. The summed E-state index contributed by atoms with van der Waals surface area (Å²) in [5.74, 6) is 0.962. The molecule has 3 rings (SSSR count). The van der Waals surface area contributed by atoms with Crippen molar-refractivity contribution in [3.63, 3.8) is 0 Å². The first-order valence-corrected chi connectivity index (χ1v) is 11.4. The molecule has 13 nitrogen and oxygen atoms in total. The molecule has 0 fully saturated rings. The molecule has 3 aromatic rings. The standard InChI is InChI=1S/C18H23F3N10O3S/c1-5-33-17(32)34-11(2)31-16(29(3)27-28-31)22-8-12-6-7-14(18(19,20)21)23-13(12)9-35-10-15-24-26-30(4)25-15/h6-7,11H,5,8-10H2,1-4H3. The van der Waals surface area contributed by atoms with Gasteiger partial charge in [0.1, 0.15) is 5.69 Å². The smallest absolute Gasteiger partial charge is 0.435 e. The third-order valence-electron chi connectivity index (χ3n) is 4.41. The zero-order chi connectivity index (χ0) is 25.6. The Morgan fingerprint density at radius 3 is 2.63 bits per heavy atom. The molecule has 0 aromatic carbocycles. The Bertz CT molecular complexity index is 1220. The van der Waals surface area contributed by atoms with Gasteiger partial charge < -0.3 is 9.47 Å². The van der Waals surface area contributed by atoms with Crippen LogP contribution in [0.2, 0.25) is 0 Å². The van der Waals surface area contributed by atoms with Gasteiger partial charge in [0.15, 0.2) is 5.82 Å². The average Bonchev–Trinajstić information content (AvgIpc) is 3.37. The van der Waals surface area contributed by atoms with Gasteiger partial charge in [-0.15, -0.1) is 22.0 Å². The van der Waals surface area contributed by atoms with Crippen LogP contribution in [-0.4, -0.2) is 57.7 Å². The number of pyridine rings is 1. The fraction of sp³-hybridized carbons (Fsp3) is 0.556. The van der Waals surface area contributed by atoms with E-state index < -0.39 is 24.3 Å². The van der Waals surface area contributed by atoms with Gasteiger partial charge in [-0.2, -0.15) is 22.6 Å². The van der Waals surface area contributed by atoms with Gasteiger partial charge in [0.05, 0.1) is 31.6 Å². The van der Waals surface area contributed by atoms with E-state index in [1.807, 2.05) is 0 Å². The molecule has 3 aromatic heterocycles. The van der Waals surface area contributed by atoms with Crippen molar-refractivity contribution in [3.8, 4) is 0 Å². The summed E-state index contributed by atoms with van der Waals surface area (Å²) in [4.78, 5) is 21.2. The topological polar surface area (TPSA) is 140 Å². The Labute approximate surface area is 201 Å². The molecule has 0 aliphatic carbocycles. The first-order valence-electron chi connectivity index (χ1n) is 10.3. The van der Waals surface area contributed by atoms with Crippen molar-refractivity contribution in [3.05, 3.63) is 40.5 Å². The number of hydrogen-bond donors (Lipinski definition) is 0. The Morgan fingerprint density at radius 2 is 1.97 bits per heavy atom. The number of aryl methyl sites for hydroxylation is 2. The molecule has 0 amide bonds. The third kappa shape index (κ3) is 7.00. The Kier molecular flexibility index (Phi) is 8.42. The quantitative estimate of drug-likeness (QED) is 0.387. The highest BCUT2D eigenvalue weighted by Crippen LogP contribution is 2.29. The molecule has 35 heavy (non-hydrogen) atoms. The second-order valence-corrected chi connectivity index (χ2v) is 8.04. The molecule has 17 heteroatoms. The van der Waals surface area contributed by atoms with Crippen LogP contribution in [0.5, 0.6) is 0 Å². The van der Waals surface area contributed by atoms with E-state index in [9.17, 15) is 18.0 Å². The second kappa shape index (κ2) is 11.3. The second-order valence-electron chi connectivity index (χ2n) is 7.05. The fourth-order valence-electron chi connectivity index (χ4n) is 2.82. The Balaban J connectivity index is 1.84. The molecule has 0 bridgehead atoms. The van der Waals surface area contributed by atoms with E-state index in [4.69, 9.17) is 9.47 Å². The molecular weight excluding hydrogens is 493 g/mol. The Morgan fingerprint density at radius 1 is 1.20 bits per heavy atom. The lowest BCUT2D eigenvalue weighted by atomic mass is 10.2. The lowest BCUT2D eigenvalue weighted by Gasteiger charge is -2.13. The van der Waals surface area contributed by atoms with Crippen LogP contribution in [0.4, 0.5) is 18.0 Å². The largest absolute Gasteiger partial charge is 0.510 e. The van der Waals surface area contributed by atoms with E-state index in [0.717, 1.165) is 6.07 Å². The molecule has 0 saturated heterocycles. The number of rotatable bonds is 9. The van der Waals surface area contributed by atoms with Gasteiger partial charge in [-0.3, -0.25) is 0 Å². The first-order chi connectivity index (χ1) is 16.6. The molecule has 1 atom stereocenters. The molecule has 0 aliphatic heterocycles. The molecule has 0 radical (unpaired) electrons. The van der Waals surface area contributed by atoms with Crippen LogP contribution in [0, 0.1) is 0 Å². The molecule has 0 aliphatic rings. The van der Waals surface area contributed by atoms with Gasteiger partial charge in [-0.25, -0.2) is 19.5 Å². The van der Waals surface area contributed by atoms with Crippen molar-refractivity contribution in [1.29, 1.82) is 0 Å². The summed E-state index contributed by atoms with van der Waals surface area (Å²) in [5, 5.41) is 19.4.